The number of ketones is 3. The summed E-state index contributed by atoms with van der Waals surface area (Å²) in [6.07, 6.45) is 11.5. The third-order valence-electron chi connectivity index (χ3n) is 9.66. The Kier molecular flexibility index (Phi) is 3.26. The molecule has 7 atom stereocenters. The van der Waals surface area contributed by atoms with Crippen molar-refractivity contribution in [2.24, 2.45) is 52.8 Å². The molecule has 0 saturated heterocycles. The van der Waals surface area contributed by atoms with Crippen molar-refractivity contribution in [3.63, 3.8) is 0 Å². The van der Waals surface area contributed by atoms with Crippen LogP contribution in [0.25, 0.3) is 0 Å². The molecule has 7 unspecified atom stereocenters. The van der Waals surface area contributed by atoms with E-state index in [0.717, 1.165) is 57.3 Å². The molecule has 0 spiro atoms. The summed E-state index contributed by atoms with van der Waals surface area (Å²) in [4.78, 5) is 37.8. The van der Waals surface area contributed by atoms with Crippen molar-refractivity contribution >= 4 is 17.3 Å². The second-order valence-corrected chi connectivity index (χ2v) is 10.9. The Morgan fingerprint density at radius 2 is 1.58 bits per heavy atom. The molecule has 0 aromatic carbocycles. The maximum absolute atomic E-state index is 13.4. The minimum atomic E-state index is 0.191. The van der Waals surface area contributed by atoms with Crippen molar-refractivity contribution < 1.29 is 14.4 Å². The number of rotatable bonds is 2. The van der Waals surface area contributed by atoms with Crippen LogP contribution in [0, 0.1) is 52.8 Å². The fourth-order valence-corrected chi connectivity index (χ4v) is 9.08. The van der Waals surface area contributed by atoms with Crippen LogP contribution in [0.1, 0.15) is 70.6 Å². The van der Waals surface area contributed by atoms with Gasteiger partial charge in [0.05, 0.1) is 0 Å². The zero-order valence-corrected chi connectivity index (χ0v) is 15.6. The van der Waals surface area contributed by atoms with Crippen molar-refractivity contribution in [3.8, 4) is 0 Å². The summed E-state index contributed by atoms with van der Waals surface area (Å²) in [5.74, 6) is 4.75. The molecular weight excluding hydrogens is 324 g/mol. The van der Waals surface area contributed by atoms with Gasteiger partial charge in [0.2, 0.25) is 0 Å². The van der Waals surface area contributed by atoms with Gasteiger partial charge in [-0.05, 0) is 86.9 Å². The topological polar surface area (TPSA) is 51.2 Å². The van der Waals surface area contributed by atoms with E-state index in [1.54, 1.807) is 0 Å². The maximum atomic E-state index is 13.4. The molecule has 0 aliphatic heterocycles. The molecule has 7 saturated carbocycles. The predicted octanol–water partition coefficient (Wildman–Crippen LogP) is 3.98. The highest BCUT2D eigenvalue weighted by atomic mass is 16.1. The molecule has 0 radical (unpaired) electrons. The summed E-state index contributed by atoms with van der Waals surface area (Å²) < 4.78 is 0. The van der Waals surface area contributed by atoms with E-state index < -0.39 is 0 Å². The van der Waals surface area contributed by atoms with Gasteiger partial charge in [0, 0.05) is 36.5 Å². The first kappa shape index (κ1) is 16.0. The van der Waals surface area contributed by atoms with Crippen LogP contribution in [0.5, 0.6) is 0 Å². The average Bonchev–Trinajstić information content (AvgIpc) is 3.17. The lowest BCUT2D eigenvalue weighted by Crippen LogP contribution is -2.56. The Labute approximate surface area is 155 Å². The van der Waals surface area contributed by atoms with Crippen molar-refractivity contribution in [2.45, 2.75) is 70.6 Å². The lowest BCUT2D eigenvalue weighted by Gasteiger charge is -2.59. The number of Topliss-reactive ketones (excluding diaryl/α,β-unsaturated/α-hetero) is 3. The molecule has 3 nitrogen and oxygen atoms in total. The highest BCUT2D eigenvalue weighted by Crippen LogP contribution is 2.68. The SMILES string of the molecule is O=C1CCCC(C2C(=O)C3CC2CC3C23CC4CC(C2)C(=O)C(C4)C3)C1. The second kappa shape index (κ2) is 5.29. The van der Waals surface area contributed by atoms with Gasteiger partial charge >= 0.3 is 0 Å². The zero-order chi connectivity index (χ0) is 17.6. The van der Waals surface area contributed by atoms with Crippen molar-refractivity contribution in [2.75, 3.05) is 0 Å². The minimum Gasteiger partial charge on any atom is -0.300 e. The van der Waals surface area contributed by atoms with E-state index in [2.05, 4.69) is 0 Å². The van der Waals surface area contributed by atoms with Crippen LogP contribution in [0.4, 0.5) is 0 Å². The third-order valence-corrected chi connectivity index (χ3v) is 9.66. The lowest BCUT2D eigenvalue weighted by molar-refractivity contribution is -0.157. The van der Waals surface area contributed by atoms with E-state index in [0.29, 0.717) is 58.8 Å². The van der Waals surface area contributed by atoms with Gasteiger partial charge in [-0.15, -0.1) is 0 Å². The molecule has 140 valence electrons. The Morgan fingerprint density at radius 3 is 2.27 bits per heavy atom. The monoisotopic (exact) mass is 354 g/mol. The number of fused-ring (bicyclic) bond motifs is 2. The van der Waals surface area contributed by atoms with Crippen LogP contribution in [-0.4, -0.2) is 17.3 Å². The number of hydrogen-bond donors (Lipinski definition) is 0. The van der Waals surface area contributed by atoms with Gasteiger partial charge in [0.15, 0.2) is 0 Å². The Morgan fingerprint density at radius 1 is 0.808 bits per heavy atom. The molecule has 7 aliphatic carbocycles. The van der Waals surface area contributed by atoms with Gasteiger partial charge < -0.3 is 0 Å². The predicted molar refractivity (Wildman–Crippen MR) is 96.2 cm³/mol. The van der Waals surface area contributed by atoms with Gasteiger partial charge in [0.1, 0.15) is 17.3 Å². The molecule has 7 fully saturated rings. The van der Waals surface area contributed by atoms with Crippen molar-refractivity contribution in [1.82, 2.24) is 0 Å². The van der Waals surface area contributed by atoms with Crippen LogP contribution < -0.4 is 0 Å². The van der Waals surface area contributed by atoms with E-state index in [4.69, 9.17) is 0 Å². The summed E-state index contributed by atoms with van der Waals surface area (Å²) in [7, 11) is 0. The highest BCUT2D eigenvalue weighted by molar-refractivity contribution is 5.89. The fraction of sp³-hybridized carbons (Fsp3) is 0.870. The molecule has 6 bridgehead atoms. The molecule has 0 amide bonds. The summed E-state index contributed by atoms with van der Waals surface area (Å²) in [6, 6.07) is 0. The molecule has 3 heteroatoms. The molecule has 26 heavy (non-hydrogen) atoms. The first-order chi connectivity index (χ1) is 12.5. The third kappa shape index (κ3) is 2.04. The fourth-order valence-electron chi connectivity index (χ4n) is 9.08. The van der Waals surface area contributed by atoms with E-state index in [-0.39, 0.29) is 11.8 Å². The molecular formula is C23H30O3. The average molecular weight is 354 g/mol. The van der Waals surface area contributed by atoms with Crippen molar-refractivity contribution in [3.05, 3.63) is 0 Å². The van der Waals surface area contributed by atoms with Crippen LogP contribution in [0.15, 0.2) is 0 Å². The van der Waals surface area contributed by atoms with E-state index in [9.17, 15) is 14.4 Å². The smallest absolute Gasteiger partial charge is 0.139 e. The normalized spacial score (nSPS) is 55.2. The van der Waals surface area contributed by atoms with E-state index in [1.165, 1.54) is 12.8 Å². The quantitative estimate of drug-likeness (QED) is 0.753. The largest absolute Gasteiger partial charge is 0.300 e. The second-order valence-electron chi connectivity index (χ2n) is 10.9. The first-order valence-corrected chi connectivity index (χ1v) is 11.1. The zero-order valence-electron chi connectivity index (χ0n) is 15.6. The standard InChI is InChI=1S/C23H30O3/c24-17-3-1-2-13(6-17)20-14-7-18(22(20)26)19(8-14)23-9-12-4-15(10-23)21(25)16(5-12)11-23/h12-16,18-20H,1-11H2. The summed E-state index contributed by atoms with van der Waals surface area (Å²) in [5.41, 5.74) is 0.312. The van der Waals surface area contributed by atoms with Crippen LogP contribution in [0.2, 0.25) is 0 Å². The Hall–Kier alpha value is -0.990. The minimum absolute atomic E-state index is 0.191. The maximum Gasteiger partial charge on any atom is 0.139 e. The van der Waals surface area contributed by atoms with Gasteiger partial charge in [0.25, 0.3) is 0 Å². The van der Waals surface area contributed by atoms with Gasteiger partial charge in [-0.2, -0.15) is 0 Å². The molecule has 0 heterocycles. The summed E-state index contributed by atoms with van der Waals surface area (Å²) in [5, 5.41) is 0. The van der Waals surface area contributed by atoms with E-state index in [1.807, 2.05) is 0 Å². The molecule has 7 rings (SSSR count). The van der Waals surface area contributed by atoms with Gasteiger partial charge in [-0.3, -0.25) is 14.4 Å². The number of hydrogen-bond acceptors (Lipinski definition) is 3. The molecule has 7 aliphatic rings. The Bertz CT molecular complexity index is 676. The van der Waals surface area contributed by atoms with Crippen molar-refractivity contribution in [1.29, 1.82) is 0 Å². The van der Waals surface area contributed by atoms with Crippen LogP contribution >= 0.6 is 0 Å². The molecule has 0 aromatic heterocycles. The molecule has 0 aromatic rings. The summed E-state index contributed by atoms with van der Waals surface area (Å²) >= 11 is 0. The van der Waals surface area contributed by atoms with E-state index >= 15 is 0 Å². The van der Waals surface area contributed by atoms with Crippen LogP contribution in [0.3, 0.4) is 0 Å². The number of carbonyl (C=O) groups excluding carboxylic acids is 3. The lowest BCUT2D eigenvalue weighted by atomic mass is 9.44. The van der Waals surface area contributed by atoms with Gasteiger partial charge in [-0.1, -0.05) is 0 Å². The highest BCUT2D eigenvalue weighted by Gasteiger charge is 2.64. The Balaban J connectivity index is 1.25. The molecule has 0 N–H and O–H groups in total. The first-order valence-electron chi connectivity index (χ1n) is 11.1. The number of carbonyl (C=O) groups is 3. The summed E-state index contributed by atoms with van der Waals surface area (Å²) in [6.45, 7) is 0. The van der Waals surface area contributed by atoms with Crippen LogP contribution in [-0.2, 0) is 14.4 Å². The van der Waals surface area contributed by atoms with Gasteiger partial charge in [-0.25, -0.2) is 0 Å².